The van der Waals surface area contributed by atoms with E-state index in [0.29, 0.717) is 0 Å². The Morgan fingerprint density at radius 2 is 1.88 bits per heavy atom. The van der Waals surface area contributed by atoms with Crippen molar-refractivity contribution in [2.45, 2.75) is 6.18 Å². The minimum atomic E-state index is -4.70. The number of primary amides is 1. The molecule has 0 aliphatic carbocycles. The maximum atomic E-state index is 12.6. The Morgan fingerprint density at radius 3 is 2.35 bits per heavy atom. The molecule has 17 heavy (non-hydrogen) atoms. The molecule has 1 rings (SSSR count). The van der Waals surface area contributed by atoms with Crippen LogP contribution in [0.3, 0.4) is 0 Å². The summed E-state index contributed by atoms with van der Waals surface area (Å²) in [5.41, 5.74) is 2.84. The average molecular weight is 311 g/mol. The summed E-state index contributed by atoms with van der Waals surface area (Å²) in [4.78, 5) is 21.7. The van der Waals surface area contributed by atoms with Gasteiger partial charge in [0.05, 0.1) is 11.1 Å². The van der Waals surface area contributed by atoms with Crippen LogP contribution in [-0.2, 0) is 6.18 Å². The highest BCUT2D eigenvalue weighted by Gasteiger charge is 2.35. The first-order valence-electron chi connectivity index (χ1n) is 4.19. The number of carbonyl (C=O) groups is 2. The number of rotatable bonds is 1. The van der Waals surface area contributed by atoms with Gasteiger partial charge in [0.15, 0.2) is 0 Å². The Bertz CT molecular complexity index is 474. The van der Waals surface area contributed by atoms with Crippen LogP contribution in [-0.4, -0.2) is 11.9 Å². The van der Waals surface area contributed by atoms with Gasteiger partial charge in [0.2, 0.25) is 0 Å². The third kappa shape index (κ3) is 3.45. The van der Waals surface area contributed by atoms with Crippen LogP contribution in [0.4, 0.5) is 18.0 Å². The predicted molar refractivity (Wildman–Crippen MR) is 56.2 cm³/mol. The number of nitrogens with one attached hydrogen (secondary N) is 1. The van der Waals surface area contributed by atoms with Gasteiger partial charge in [-0.05, 0) is 18.2 Å². The standard InChI is InChI=1S/C9H6BrF3N2O2/c10-4-1-2-5(7(16)15-8(14)17)6(3-4)9(11,12)13/h1-3H,(H3,14,15,16,17). The number of amides is 3. The molecule has 0 saturated carbocycles. The number of urea groups is 1. The van der Waals surface area contributed by atoms with E-state index in [1.54, 1.807) is 5.32 Å². The molecule has 0 radical (unpaired) electrons. The van der Waals surface area contributed by atoms with E-state index in [-0.39, 0.29) is 4.47 Å². The number of hydrogen-bond acceptors (Lipinski definition) is 2. The molecular weight excluding hydrogens is 305 g/mol. The first kappa shape index (κ1) is 13.5. The van der Waals surface area contributed by atoms with Crippen molar-refractivity contribution in [2.24, 2.45) is 5.73 Å². The molecule has 0 aliphatic rings. The topological polar surface area (TPSA) is 72.2 Å². The molecule has 0 aliphatic heterocycles. The highest BCUT2D eigenvalue weighted by atomic mass is 79.9. The van der Waals surface area contributed by atoms with E-state index in [1.165, 1.54) is 6.07 Å². The molecule has 0 atom stereocenters. The molecule has 0 bridgehead atoms. The Morgan fingerprint density at radius 1 is 1.29 bits per heavy atom. The van der Waals surface area contributed by atoms with E-state index in [2.05, 4.69) is 21.7 Å². The molecule has 0 aromatic heterocycles. The van der Waals surface area contributed by atoms with Gasteiger partial charge in [-0.25, -0.2) is 4.79 Å². The van der Waals surface area contributed by atoms with Crippen LogP contribution >= 0.6 is 15.9 Å². The summed E-state index contributed by atoms with van der Waals surface area (Å²) in [6.07, 6.45) is -4.70. The van der Waals surface area contributed by atoms with E-state index in [1.807, 2.05) is 0 Å². The molecule has 3 N–H and O–H groups in total. The first-order valence-corrected chi connectivity index (χ1v) is 4.98. The van der Waals surface area contributed by atoms with Gasteiger partial charge in [0.25, 0.3) is 5.91 Å². The SMILES string of the molecule is NC(=O)NC(=O)c1ccc(Br)cc1C(F)(F)F. The van der Waals surface area contributed by atoms with Crippen molar-refractivity contribution < 1.29 is 22.8 Å². The van der Waals surface area contributed by atoms with Crippen LogP contribution in [0.2, 0.25) is 0 Å². The Labute approximate surface area is 102 Å². The number of hydrogen-bond donors (Lipinski definition) is 2. The van der Waals surface area contributed by atoms with Crippen LogP contribution in [0, 0.1) is 0 Å². The summed E-state index contributed by atoms with van der Waals surface area (Å²) < 4.78 is 38.0. The highest BCUT2D eigenvalue weighted by molar-refractivity contribution is 9.10. The lowest BCUT2D eigenvalue weighted by atomic mass is 10.1. The molecule has 1 aromatic carbocycles. The van der Waals surface area contributed by atoms with Crippen molar-refractivity contribution in [3.05, 3.63) is 33.8 Å². The normalized spacial score (nSPS) is 11.1. The third-order valence-corrected chi connectivity index (χ3v) is 2.26. The molecular formula is C9H6BrF3N2O2. The van der Waals surface area contributed by atoms with Crippen LogP contribution in [0.1, 0.15) is 15.9 Å². The van der Waals surface area contributed by atoms with Crippen LogP contribution in [0.15, 0.2) is 22.7 Å². The number of imide groups is 1. The first-order chi connectivity index (χ1) is 7.71. The van der Waals surface area contributed by atoms with Gasteiger partial charge in [-0.1, -0.05) is 15.9 Å². The second kappa shape index (κ2) is 4.74. The summed E-state index contributed by atoms with van der Waals surface area (Å²) in [5, 5.41) is 1.58. The fourth-order valence-corrected chi connectivity index (χ4v) is 1.49. The van der Waals surface area contributed by atoms with Gasteiger partial charge in [-0.2, -0.15) is 13.2 Å². The quantitative estimate of drug-likeness (QED) is 0.835. The van der Waals surface area contributed by atoms with E-state index >= 15 is 0 Å². The third-order valence-electron chi connectivity index (χ3n) is 1.77. The lowest BCUT2D eigenvalue weighted by Gasteiger charge is -2.12. The molecule has 4 nitrogen and oxygen atoms in total. The number of halogens is 4. The van der Waals surface area contributed by atoms with Gasteiger partial charge in [-0.15, -0.1) is 0 Å². The fraction of sp³-hybridized carbons (Fsp3) is 0.111. The summed E-state index contributed by atoms with van der Waals surface area (Å²) in [5.74, 6) is -1.20. The van der Waals surface area contributed by atoms with Crippen molar-refractivity contribution in [2.75, 3.05) is 0 Å². The summed E-state index contributed by atoms with van der Waals surface area (Å²) in [6, 6.07) is 1.73. The molecule has 0 spiro atoms. The molecule has 0 fully saturated rings. The van der Waals surface area contributed by atoms with Crippen molar-refractivity contribution in [3.63, 3.8) is 0 Å². The number of alkyl halides is 3. The van der Waals surface area contributed by atoms with E-state index in [9.17, 15) is 22.8 Å². The van der Waals surface area contributed by atoms with Crippen LogP contribution in [0.5, 0.6) is 0 Å². The van der Waals surface area contributed by atoms with Crippen molar-refractivity contribution in [1.29, 1.82) is 0 Å². The van der Waals surface area contributed by atoms with Gasteiger partial charge >= 0.3 is 12.2 Å². The molecule has 1 aromatic rings. The lowest BCUT2D eigenvalue weighted by molar-refractivity contribution is -0.138. The van der Waals surface area contributed by atoms with E-state index in [0.717, 1.165) is 12.1 Å². The molecule has 92 valence electrons. The fourth-order valence-electron chi connectivity index (χ4n) is 1.13. The highest BCUT2D eigenvalue weighted by Crippen LogP contribution is 2.33. The maximum Gasteiger partial charge on any atom is 0.417 e. The summed E-state index contributed by atoms with van der Waals surface area (Å²) in [7, 11) is 0. The van der Waals surface area contributed by atoms with Gasteiger partial charge in [0, 0.05) is 4.47 Å². The van der Waals surface area contributed by atoms with Gasteiger partial charge < -0.3 is 5.73 Å². The smallest absolute Gasteiger partial charge is 0.351 e. The summed E-state index contributed by atoms with van der Waals surface area (Å²) >= 11 is 2.87. The number of benzene rings is 1. The second-order valence-corrected chi connectivity index (χ2v) is 3.92. The Kier molecular flexibility index (Phi) is 3.76. The minimum Gasteiger partial charge on any atom is -0.351 e. The Balaban J connectivity index is 3.24. The molecule has 0 saturated heterocycles. The molecule has 0 heterocycles. The van der Waals surface area contributed by atoms with E-state index in [4.69, 9.17) is 0 Å². The molecule has 8 heteroatoms. The van der Waals surface area contributed by atoms with Crippen LogP contribution < -0.4 is 11.1 Å². The summed E-state index contributed by atoms with van der Waals surface area (Å²) in [6.45, 7) is 0. The number of carbonyl (C=O) groups excluding carboxylic acids is 2. The number of nitrogens with two attached hydrogens (primary N) is 1. The zero-order chi connectivity index (χ0) is 13.2. The van der Waals surface area contributed by atoms with Crippen molar-refractivity contribution in [3.8, 4) is 0 Å². The average Bonchev–Trinajstić information content (AvgIpc) is 2.14. The van der Waals surface area contributed by atoms with Gasteiger partial charge in [0.1, 0.15) is 0 Å². The monoisotopic (exact) mass is 310 g/mol. The minimum absolute atomic E-state index is 0.167. The van der Waals surface area contributed by atoms with Crippen LogP contribution in [0.25, 0.3) is 0 Å². The predicted octanol–water partition coefficient (Wildman–Crippen LogP) is 2.28. The van der Waals surface area contributed by atoms with Crippen molar-refractivity contribution >= 4 is 27.9 Å². The second-order valence-electron chi connectivity index (χ2n) is 3.01. The Hall–Kier alpha value is -1.57. The largest absolute Gasteiger partial charge is 0.417 e. The van der Waals surface area contributed by atoms with Crippen molar-refractivity contribution in [1.82, 2.24) is 5.32 Å². The zero-order valence-electron chi connectivity index (χ0n) is 8.14. The zero-order valence-corrected chi connectivity index (χ0v) is 9.72. The lowest BCUT2D eigenvalue weighted by Crippen LogP contribution is -2.36. The molecule has 3 amide bonds. The van der Waals surface area contributed by atoms with E-state index < -0.39 is 29.2 Å². The molecule has 0 unspecified atom stereocenters. The van der Waals surface area contributed by atoms with Gasteiger partial charge in [-0.3, -0.25) is 10.1 Å². The maximum absolute atomic E-state index is 12.6.